The smallest absolute Gasteiger partial charge is 0.267 e. The standard InChI is InChI=1S/C12H13N3OS/c1-15(2)10-5-3-9(4-6-10)14-12(16)11-7-8-13-17-11/h3-8H,1-2H3,(H,14,16). The molecular weight excluding hydrogens is 234 g/mol. The number of amides is 1. The number of aromatic nitrogens is 1. The van der Waals surface area contributed by atoms with Gasteiger partial charge in [0.05, 0.1) is 0 Å². The maximum Gasteiger partial charge on any atom is 0.267 e. The molecule has 0 saturated carbocycles. The topological polar surface area (TPSA) is 45.2 Å². The quantitative estimate of drug-likeness (QED) is 0.906. The zero-order valence-electron chi connectivity index (χ0n) is 9.68. The van der Waals surface area contributed by atoms with Crippen LogP contribution in [0.4, 0.5) is 11.4 Å². The highest BCUT2D eigenvalue weighted by molar-refractivity contribution is 7.08. The Morgan fingerprint density at radius 2 is 1.94 bits per heavy atom. The van der Waals surface area contributed by atoms with Crippen molar-refractivity contribution >= 4 is 28.8 Å². The summed E-state index contributed by atoms with van der Waals surface area (Å²) < 4.78 is 3.90. The van der Waals surface area contributed by atoms with Gasteiger partial charge in [0.25, 0.3) is 5.91 Å². The highest BCUT2D eigenvalue weighted by atomic mass is 32.1. The minimum Gasteiger partial charge on any atom is -0.378 e. The van der Waals surface area contributed by atoms with Crippen LogP contribution in [0.3, 0.4) is 0 Å². The molecule has 17 heavy (non-hydrogen) atoms. The first-order valence-corrected chi connectivity index (χ1v) is 5.93. The molecule has 0 fully saturated rings. The molecule has 1 amide bonds. The van der Waals surface area contributed by atoms with Crippen molar-refractivity contribution in [2.75, 3.05) is 24.3 Å². The van der Waals surface area contributed by atoms with Gasteiger partial charge in [-0.25, -0.2) is 4.37 Å². The van der Waals surface area contributed by atoms with Gasteiger partial charge in [-0.15, -0.1) is 0 Å². The summed E-state index contributed by atoms with van der Waals surface area (Å²) >= 11 is 1.19. The van der Waals surface area contributed by atoms with Gasteiger partial charge in [-0.3, -0.25) is 4.79 Å². The van der Waals surface area contributed by atoms with Crippen molar-refractivity contribution in [1.82, 2.24) is 4.37 Å². The lowest BCUT2D eigenvalue weighted by atomic mass is 10.2. The van der Waals surface area contributed by atoms with Gasteiger partial charge in [0.15, 0.2) is 0 Å². The molecule has 0 atom stereocenters. The van der Waals surface area contributed by atoms with Crippen LogP contribution in [-0.4, -0.2) is 24.4 Å². The number of carbonyl (C=O) groups is 1. The van der Waals surface area contributed by atoms with Crippen LogP contribution in [0.15, 0.2) is 36.5 Å². The maximum absolute atomic E-state index is 11.7. The van der Waals surface area contributed by atoms with E-state index in [1.807, 2.05) is 43.3 Å². The molecule has 0 aliphatic heterocycles. The van der Waals surface area contributed by atoms with Crippen LogP contribution >= 0.6 is 11.5 Å². The molecule has 1 N–H and O–H groups in total. The molecule has 0 aliphatic carbocycles. The van der Waals surface area contributed by atoms with Crippen LogP contribution in [0.2, 0.25) is 0 Å². The SMILES string of the molecule is CN(C)c1ccc(NC(=O)c2ccns2)cc1. The summed E-state index contributed by atoms with van der Waals surface area (Å²) in [5.74, 6) is -0.120. The first-order valence-electron chi connectivity index (χ1n) is 5.16. The van der Waals surface area contributed by atoms with E-state index in [0.29, 0.717) is 4.88 Å². The van der Waals surface area contributed by atoms with E-state index in [1.54, 1.807) is 12.3 Å². The lowest BCUT2D eigenvalue weighted by Gasteiger charge is -2.12. The Balaban J connectivity index is 2.07. The molecule has 0 spiro atoms. The number of hydrogen-bond donors (Lipinski definition) is 1. The Labute approximate surface area is 104 Å². The maximum atomic E-state index is 11.7. The number of nitrogens with zero attached hydrogens (tertiary/aromatic N) is 2. The lowest BCUT2D eigenvalue weighted by molar-refractivity contribution is 0.103. The third kappa shape index (κ3) is 2.82. The molecule has 0 bridgehead atoms. The van der Waals surface area contributed by atoms with E-state index in [9.17, 15) is 4.79 Å². The minimum atomic E-state index is -0.120. The van der Waals surface area contributed by atoms with E-state index in [2.05, 4.69) is 9.69 Å². The van der Waals surface area contributed by atoms with Crippen molar-refractivity contribution in [2.45, 2.75) is 0 Å². The third-order valence-electron chi connectivity index (χ3n) is 2.30. The predicted molar refractivity (Wildman–Crippen MR) is 70.8 cm³/mol. The van der Waals surface area contributed by atoms with Crippen LogP contribution in [-0.2, 0) is 0 Å². The summed E-state index contributed by atoms with van der Waals surface area (Å²) in [5, 5.41) is 2.82. The first kappa shape index (κ1) is 11.6. The molecule has 2 rings (SSSR count). The minimum absolute atomic E-state index is 0.120. The van der Waals surface area contributed by atoms with Crippen molar-refractivity contribution in [2.24, 2.45) is 0 Å². The molecule has 0 aliphatic rings. The zero-order valence-corrected chi connectivity index (χ0v) is 10.5. The van der Waals surface area contributed by atoms with Gasteiger partial charge in [-0.2, -0.15) is 0 Å². The Morgan fingerprint density at radius 1 is 1.24 bits per heavy atom. The van der Waals surface area contributed by atoms with Crippen molar-refractivity contribution in [3.05, 3.63) is 41.4 Å². The second-order valence-corrected chi connectivity index (χ2v) is 4.61. The van der Waals surface area contributed by atoms with Gasteiger partial charge in [0.1, 0.15) is 4.88 Å². The van der Waals surface area contributed by atoms with Crippen LogP contribution < -0.4 is 10.2 Å². The lowest BCUT2D eigenvalue weighted by Crippen LogP contribution is -2.11. The Bertz CT molecular complexity index is 491. The van der Waals surface area contributed by atoms with Gasteiger partial charge in [-0.05, 0) is 41.9 Å². The van der Waals surface area contributed by atoms with E-state index in [-0.39, 0.29) is 5.91 Å². The molecule has 0 saturated heterocycles. The van der Waals surface area contributed by atoms with Crippen LogP contribution in [0.25, 0.3) is 0 Å². The highest BCUT2D eigenvalue weighted by Crippen LogP contribution is 2.16. The molecule has 5 heteroatoms. The van der Waals surface area contributed by atoms with E-state index in [0.717, 1.165) is 11.4 Å². The van der Waals surface area contributed by atoms with Crippen LogP contribution in [0.5, 0.6) is 0 Å². The van der Waals surface area contributed by atoms with E-state index >= 15 is 0 Å². The Morgan fingerprint density at radius 3 is 2.47 bits per heavy atom. The summed E-state index contributed by atoms with van der Waals surface area (Å²) in [7, 11) is 3.95. The molecule has 2 aromatic rings. The average Bonchev–Trinajstić information content (AvgIpc) is 2.83. The fraction of sp³-hybridized carbons (Fsp3) is 0.167. The summed E-state index contributed by atoms with van der Waals surface area (Å²) in [6.45, 7) is 0. The number of nitrogens with one attached hydrogen (secondary N) is 1. The van der Waals surface area contributed by atoms with Gasteiger partial charge in [0.2, 0.25) is 0 Å². The van der Waals surface area contributed by atoms with Crippen molar-refractivity contribution in [3.63, 3.8) is 0 Å². The Kier molecular flexibility index (Phi) is 3.39. The van der Waals surface area contributed by atoms with E-state index in [1.165, 1.54) is 11.5 Å². The second-order valence-electron chi connectivity index (χ2n) is 3.77. The fourth-order valence-electron chi connectivity index (χ4n) is 1.37. The predicted octanol–water partition coefficient (Wildman–Crippen LogP) is 2.46. The number of carbonyl (C=O) groups excluding carboxylic acids is 1. The summed E-state index contributed by atoms with van der Waals surface area (Å²) in [5.41, 5.74) is 1.88. The first-order chi connectivity index (χ1) is 8.16. The molecule has 0 radical (unpaired) electrons. The summed E-state index contributed by atoms with van der Waals surface area (Å²) in [6, 6.07) is 9.39. The van der Waals surface area contributed by atoms with Crippen LogP contribution in [0.1, 0.15) is 9.67 Å². The largest absolute Gasteiger partial charge is 0.378 e. The van der Waals surface area contributed by atoms with Crippen LogP contribution in [0, 0.1) is 0 Å². The molecular formula is C12H13N3OS. The van der Waals surface area contributed by atoms with E-state index in [4.69, 9.17) is 0 Å². The summed E-state index contributed by atoms with van der Waals surface area (Å²) in [4.78, 5) is 14.4. The van der Waals surface area contributed by atoms with Gasteiger partial charge < -0.3 is 10.2 Å². The van der Waals surface area contributed by atoms with Gasteiger partial charge in [-0.1, -0.05) is 0 Å². The summed E-state index contributed by atoms with van der Waals surface area (Å²) in [6.07, 6.45) is 1.62. The van der Waals surface area contributed by atoms with E-state index < -0.39 is 0 Å². The highest BCUT2D eigenvalue weighted by Gasteiger charge is 2.07. The molecule has 88 valence electrons. The monoisotopic (exact) mass is 247 g/mol. The number of benzene rings is 1. The van der Waals surface area contributed by atoms with Gasteiger partial charge >= 0.3 is 0 Å². The number of hydrogen-bond acceptors (Lipinski definition) is 4. The normalized spacial score (nSPS) is 10.0. The second kappa shape index (κ2) is 4.97. The molecule has 1 heterocycles. The number of rotatable bonds is 3. The zero-order chi connectivity index (χ0) is 12.3. The molecule has 0 unspecified atom stereocenters. The van der Waals surface area contributed by atoms with Gasteiger partial charge in [0, 0.05) is 31.7 Å². The van der Waals surface area contributed by atoms with Crippen molar-refractivity contribution < 1.29 is 4.79 Å². The van der Waals surface area contributed by atoms with Crippen molar-refractivity contribution in [1.29, 1.82) is 0 Å². The molecule has 1 aromatic carbocycles. The number of anilines is 2. The molecule has 4 nitrogen and oxygen atoms in total. The molecule has 1 aromatic heterocycles. The van der Waals surface area contributed by atoms with Crippen molar-refractivity contribution in [3.8, 4) is 0 Å². The average molecular weight is 247 g/mol. The third-order valence-corrected chi connectivity index (χ3v) is 3.05. The Hall–Kier alpha value is -1.88. The fourth-order valence-corrected chi connectivity index (χ4v) is 1.86.